The standard InChI is InChI=1S/C19H24ClNO3.C19H22ClNO3.C14H23BO4.C11H11BrClNO.C11H11ClN2O3.C11H13ClN2O.C6H3ClFNO2.C5H9NO/c2*20-16-13-15(4-5-17(16)21-10-2-1-3-18(21)22)14-6-8-19(9-7-14)23-11-12-24-19;1-12(2)13(3,4)19-15(18-12)11-5-7-14(8-6-11)16-9-10-17-14;12-8-4-5-10(9(13)7-8)14-6-2-1-3-11(14)15;12-9-7-8(14(16)17)4-5-10(9)13-6-2-1-3-11(13)15;12-9-7-8(13)4-5-10(9)14-6-2-1-3-11(14)15;7-5-3-4(9(10)11)1-2-6(5)8;7-5-3-1-2-4-6-5/h4-5,13-14H,1-3,6-12H2;4-6,13H,1-3,7-12H2;5H,6-10H2,1-4H3;4-5,7H,1-3,6H2;4-5,7H,1-3,6H2;4-5,7H,1-3,6,13H2;1-3H;1-4H2,(H,6,7). The Morgan fingerprint density at radius 3 is 1.19 bits per heavy atom. The molecule has 0 atom stereocenters. The SMILES string of the molecule is CC1(C)OB(C2=CCC3(CC2)OCCO3)OC1(C)C.Nc1ccc(N2CCCCC2=O)c(Cl)c1.O=C1CCCCN1.O=C1CCCCN1c1ccc(Br)cc1Cl.O=C1CCCCN1c1ccc(C2=CCC3(CC2)OCCO3)cc1Cl.O=C1CCCCN1c1ccc(C2CCC3(CC2)OCCO3)cc1Cl.O=C1CCCCN1c1ccc([N+](=O)[O-])cc1Cl.O=[N+]([O-])c1ccc(F)c(Cl)c1. The van der Waals surface area contributed by atoms with Crippen molar-refractivity contribution in [1.29, 1.82) is 0 Å². The lowest BCUT2D eigenvalue weighted by Crippen LogP contribution is -2.41. The predicted octanol–water partition coefficient (Wildman–Crippen LogP) is 22.4. The Labute approximate surface area is 809 Å². The first-order chi connectivity index (χ1) is 63.1. The van der Waals surface area contributed by atoms with E-state index in [4.69, 9.17) is 113 Å². The van der Waals surface area contributed by atoms with Gasteiger partial charge in [0.25, 0.3) is 11.4 Å². The Hall–Kier alpha value is -7.89. The zero-order valence-corrected chi connectivity index (χ0v) is 81.2. The van der Waals surface area contributed by atoms with Gasteiger partial charge in [-0.3, -0.25) is 49.0 Å². The van der Waals surface area contributed by atoms with Gasteiger partial charge in [0.15, 0.2) is 17.4 Å². The summed E-state index contributed by atoms with van der Waals surface area (Å²) in [6.07, 6.45) is 29.4. The molecule has 3 aliphatic carbocycles. The quantitative estimate of drug-likeness (QED) is 0.0557. The number of nitrogen functional groups attached to an aromatic ring is 1. The van der Waals surface area contributed by atoms with Crippen molar-refractivity contribution in [2.75, 3.05) is 109 Å². The molecule has 3 spiro atoms. The number of carbonyl (C=O) groups is 6. The number of allylic oxidation sites excluding steroid dienone is 2. The molecule has 10 heterocycles. The third-order valence-corrected chi connectivity index (χ3v) is 28.1. The fourth-order valence-corrected chi connectivity index (χ4v) is 19.7. The lowest BCUT2D eigenvalue weighted by molar-refractivity contribution is -0.385. The van der Waals surface area contributed by atoms with Gasteiger partial charge in [0.1, 0.15) is 5.82 Å². The first kappa shape index (κ1) is 103. The minimum absolute atomic E-state index is 0.0204. The van der Waals surface area contributed by atoms with Gasteiger partial charge in [0.2, 0.25) is 35.4 Å². The van der Waals surface area contributed by atoms with Crippen LogP contribution in [0.2, 0.25) is 30.1 Å². The maximum atomic E-state index is 12.4. The maximum Gasteiger partial charge on any atom is 0.490 e. The predicted molar refractivity (Wildman–Crippen MR) is 517 cm³/mol. The van der Waals surface area contributed by atoms with Crippen LogP contribution < -0.4 is 35.6 Å². The molecule has 132 heavy (non-hydrogen) atoms. The van der Waals surface area contributed by atoms with Gasteiger partial charge in [-0.2, -0.15) is 0 Å². The second-order valence-electron chi connectivity index (χ2n) is 35.4. The van der Waals surface area contributed by atoms with Gasteiger partial charge in [0, 0.05) is 151 Å². The molecular formula is C96H116BBrCl6FN9O18. The van der Waals surface area contributed by atoms with Crippen LogP contribution in [-0.2, 0) is 66.5 Å². The van der Waals surface area contributed by atoms with Crippen LogP contribution in [0.15, 0.2) is 131 Å². The highest BCUT2D eigenvalue weighted by Crippen LogP contribution is 2.47. The highest BCUT2D eigenvalue weighted by atomic mass is 79.9. The number of amides is 6. The fraction of sp³-hybridized carbons (Fsp3) is 0.521. The normalized spacial score (nSPS) is 21.2. The Bertz CT molecular complexity index is 5070. The molecule has 712 valence electrons. The summed E-state index contributed by atoms with van der Waals surface area (Å²) in [6, 6.07) is 30.3. The first-order valence-electron chi connectivity index (χ1n) is 45.6. The molecule has 0 unspecified atom stereocenters. The molecule has 0 bridgehead atoms. The molecule has 27 nitrogen and oxygen atoms in total. The van der Waals surface area contributed by atoms with E-state index in [9.17, 15) is 53.4 Å². The lowest BCUT2D eigenvalue weighted by atomic mass is 9.71. The molecule has 11 fully saturated rings. The molecule has 0 aromatic heterocycles. The molecule has 3 N–H and O–H groups in total. The molecule has 36 heteroatoms. The molecule has 6 amide bonds. The van der Waals surface area contributed by atoms with Crippen molar-refractivity contribution in [3.05, 3.63) is 199 Å². The largest absolute Gasteiger partial charge is 0.490 e. The van der Waals surface area contributed by atoms with Gasteiger partial charge in [0.05, 0.1) is 119 Å². The van der Waals surface area contributed by atoms with E-state index in [0.717, 1.165) is 245 Å². The van der Waals surface area contributed by atoms with Gasteiger partial charge in [-0.05, 0) is 231 Å². The maximum absolute atomic E-state index is 12.4. The highest BCUT2D eigenvalue weighted by Gasteiger charge is 2.54. The van der Waals surface area contributed by atoms with E-state index in [1.165, 1.54) is 34.8 Å². The number of anilines is 6. The Kier molecular flexibility index (Phi) is 37.3. The van der Waals surface area contributed by atoms with Gasteiger partial charge in [-0.15, -0.1) is 0 Å². The summed E-state index contributed by atoms with van der Waals surface area (Å²) >= 11 is 39.8. The van der Waals surface area contributed by atoms with E-state index >= 15 is 0 Å². The number of nitro groups is 2. The number of benzene rings is 6. The minimum Gasteiger partial charge on any atom is -0.400 e. The van der Waals surface area contributed by atoms with E-state index in [2.05, 4.69) is 79.3 Å². The second kappa shape index (κ2) is 47.7. The van der Waals surface area contributed by atoms with Gasteiger partial charge < -0.3 is 73.3 Å². The Morgan fingerprint density at radius 1 is 0.432 bits per heavy atom. The number of non-ortho nitro benzene ring substituents is 2. The molecule has 13 aliphatic rings. The number of halogens is 8. The number of nitrogens with two attached hydrogens (primary N) is 1. The van der Waals surface area contributed by atoms with Crippen LogP contribution in [0.5, 0.6) is 0 Å². The molecule has 10 saturated heterocycles. The zero-order valence-electron chi connectivity index (χ0n) is 75.1. The summed E-state index contributed by atoms with van der Waals surface area (Å²) in [5, 5.41) is 25.9. The van der Waals surface area contributed by atoms with Crippen LogP contribution in [-0.4, -0.2) is 160 Å². The molecule has 10 aliphatic heterocycles. The number of nitrogens with zero attached hydrogens (tertiary/aromatic N) is 7. The topological polar surface area (TPSA) is 317 Å². The summed E-state index contributed by atoms with van der Waals surface area (Å²) in [5.74, 6) is -0.335. The van der Waals surface area contributed by atoms with Crippen molar-refractivity contribution in [1.82, 2.24) is 5.32 Å². The van der Waals surface area contributed by atoms with Crippen molar-refractivity contribution in [2.45, 2.75) is 242 Å². The summed E-state index contributed by atoms with van der Waals surface area (Å²) in [7, 11) is -0.219. The summed E-state index contributed by atoms with van der Waals surface area (Å²) in [5.41, 5.74) is 14.1. The Morgan fingerprint density at radius 2 is 0.818 bits per heavy atom. The van der Waals surface area contributed by atoms with Crippen LogP contribution >= 0.6 is 85.5 Å². The van der Waals surface area contributed by atoms with E-state index in [-0.39, 0.29) is 86.8 Å². The van der Waals surface area contributed by atoms with E-state index in [1.807, 2.05) is 46.2 Å². The van der Waals surface area contributed by atoms with Crippen molar-refractivity contribution < 1.29 is 80.7 Å². The number of nitrogens with one attached hydrogen (secondary N) is 1. The van der Waals surface area contributed by atoms with Gasteiger partial charge in [-0.25, -0.2) is 4.39 Å². The second-order valence-corrected chi connectivity index (χ2v) is 38.7. The van der Waals surface area contributed by atoms with Crippen molar-refractivity contribution >= 4 is 179 Å². The summed E-state index contributed by atoms with van der Waals surface area (Å²) < 4.78 is 60.1. The number of carbonyl (C=O) groups excluding carboxylic acids is 6. The third-order valence-electron chi connectivity index (χ3n) is 25.8. The highest BCUT2D eigenvalue weighted by molar-refractivity contribution is 9.10. The van der Waals surface area contributed by atoms with Crippen LogP contribution in [0.25, 0.3) is 5.57 Å². The van der Waals surface area contributed by atoms with Gasteiger partial charge in [-0.1, -0.05) is 110 Å². The smallest absolute Gasteiger partial charge is 0.400 e. The van der Waals surface area contributed by atoms with Crippen molar-refractivity contribution in [3.63, 3.8) is 0 Å². The Balaban J connectivity index is 0.000000139. The van der Waals surface area contributed by atoms with Crippen molar-refractivity contribution in [3.8, 4) is 0 Å². The van der Waals surface area contributed by atoms with Crippen LogP contribution in [0.3, 0.4) is 0 Å². The molecular weight excluding hydrogens is 1890 g/mol. The average molecular weight is 2010 g/mol. The molecule has 6 aromatic carbocycles. The van der Waals surface area contributed by atoms with Crippen molar-refractivity contribution in [2.24, 2.45) is 0 Å². The average Bonchev–Trinajstić information content (AvgIpc) is 1.61. The zero-order chi connectivity index (χ0) is 94.5. The molecule has 1 saturated carbocycles. The molecule has 0 radical (unpaired) electrons. The van der Waals surface area contributed by atoms with Crippen LogP contribution in [0.4, 0.5) is 49.9 Å². The first-order valence-corrected chi connectivity index (χ1v) is 48.7. The number of piperidine rings is 6. The number of nitro benzene ring substituents is 2. The monoisotopic (exact) mass is 2000 g/mol. The van der Waals surface area contributed by atoms with Gasteiger partial charge >= 0.3 is 7.12 Å². The van der Waals surface area contributed by atoms with E-state index in [1.54, 1.807) is 32.9 Å². The fourth-order valence-electron chi connectivity index (χ4n) is 17.6. The number of hydrogen-bond acceptors (Lipinski definition) is 19. The van der Waals surface area contributed by atoms with E-state index in [0.29, 0.717) is 102 Å². The molecule has 19 rings (SSSR count). The van der Waals surface area contributed by atoms with Crippen LogP contribution in [0, 0.1) is 26.0 Å². The number of rotatable bonds is 10. The third kappa shape index (κ3) is 27.5. The molecule has 6 aromatic rings. The van der Waals surface area contributed by atoms with Crippen LogP contribution in [0.1, 0.15) is 225 Å². The number of hydrogen-bond donors (Lipinski definition) is 2. The summed E-state index contributed by atoms with van der Waals surface area (Å²) in [6.45, 7) is 17.1. The lowest BCUT2D eigenvalue weighted by Gasteiger charge is -2.35. The summed E-state index contributed by atoms with van der Waals surface area (Å²) in [4.78, 5) is 97.9. The minimum atomic E-state index is -0.655. The van der Waals surface area contributed by atoms with E-state index < -0.39 is 21.5 Å². The number of ether oxygens (including phenoxy) is 6.